The highest BCUT2D eigenvalue weighted by molar-refractivity contribution is 7.94. The van der Waals surface area contributed by atoms with Crippen LogP contribution in [0.5, 0.6) is 0 Å². The average Bonchev–Trinajstić information content (AvgIpc) is 3.55. The Kier molecular flexibility index (Phi) is 4.98. The van der Waals surface area contributed by atoms with Crippen molar-refractivity contribution in [2.24, 2.45) is 0 Å². The molecule has 2 N–H and O–H groups in total. The Hall–Kier alpha value is -3.18. The molecule has 11 heteroatoms. The highest BCUT2D eigenvalue weighted by Gasteiger charge is 2.28. The molecule has 31 heavy (non-hydrogen) atoms. The fourth-order valence-electron chi connectivity index (χ4n) is 3.82. The van der Waals surface area contributed by atoms with E-state index in [1.807, 2.05) is 25.4 Å². The van der Waals surface area contributed by atoms with E-state index in [1.165, 1.54) is 11.3 Å². The van der Waals surface area contributed by atoms with Crippen LogP contribution in [0, 0.1) is 0 Å². The Morgan fingerprint density at radius 2 is 2.13 bits per heavy atom. The molecule has 1 saturated heterocycles. The fraction of sp³-hybridized carbons (Fsp3) is 0.250. The first-order valence-electron chi connectivity index (χ1n) is 9.79. The maximum atomic E-state index is 12.4. The van der Waals surface area contributed by atoms with Gasteiger partial charge in [0.1, 0.15) is 27.8 Å². The van der Waals surface area contributed by atoms with E-state index < -0.39 is 10.0 Å². The second-order valence-electron chi connectivity index (χ2n) is 7.38. The highest BCUT2D eigenvalue weighted by atomic mass is 32.2. The molecule has 5 rings (SSSR count). The highest BCUT2D eigenvalue weighted by Crippen LogP contribution is 2.28. The minimum absolute atomic E-state index is 0.269. The minimum Gasteiger partial charge on any atom is -0.355 e. The molecule has 160 valence electrons. The quantitative estimate of drug-likeness (QED) is 0.460. The molecule has 4 aromatic heterocycles. The summed E-state index contributed by atoms with van der Waals surface area (Å²) in [6.07, 6.45) is 5.99. The summed E-state index contributed by atoms with van der Waals surface area (Å²) in [4.78, 5) is 20.8. The van der Waals surface area contributed by atoms with Crippen molar-refractivity contribution in [1.29, 1.82) is 0 Å². The van der Waals surface area contributed by atoms with Gasteiger partial charge in [-0.05, 0) is 36.1 Å². The van der Waals surface area contributed by atoms with Gasteiger partial charge in [-0.3, -0.25) is 4.72 Å². The number of hydrogen-bond donors (Lipinski definition) is 2. The number of pyridine rings is 1. The summed E-state index contributed by atoms with van der Waals surface area (Å²) in [5.41, 5.74) is 1.28. The van der Waals surface area contributed by atoms with Crippen LogP contribution >= 0.6 is 11.3 Å². The lowest BCUT2D eigenvalue weighted by Crippen LogP contribution is -2.35. The number of fused-ring (bicyclic) bond motifs is 1. The lowest BCUT2D eigenvalue weighted by molar-refractivity contribution is 0.603. The SMILES string of the molecule is CN(c1ccc(NS(=O)(=O)c2cccs2)cn1)[C@@H]1CCN(c2ncnc3[nH]ccc23)C1. The maximum absolute atomic E-state index is 12.4. The first-order chi connectivity index (χ1) is 15.0. The van der Waals surface area contributed by atoms with Crippen molar-refractivity contribution in [3.8, 4) is 0 Å². The normalized spacial score (nSPS) is 16.7. The average molecular weight is 456 g/mol. The number of rotatable bonds is 6. The number of sulfonamides is 1. The summed E-state index contributed by atoms with van der Waals surface area (Å²) in [6, 6.07) is 9.13. The maximum Gasteiger partial charge on any atom is 0.271 e. The van der Waals surface area contributed by atoms with Crippen LogP contribution in [0.4, 0.5) is 17.3 Å². The summed E-state index contributed by atoms with van der Waals surface area (Å²) >= 11 is 1.18. The smallest absolute Gasteiger partial charge is 0.271 e. The number of aromatic nitrogens is 4. The third kappa shape index (κ3) is 3.81. The third-order valence-electron chi connectivity index (χ3n) is 5.46. The summed E-state index contributed by atoms with van der Waals surface area (Å²) in [6.45, 7) is 1.72. The van der Waals surface area contributed by atoms with Gasteiger partial charge in [0, 0.05) is 32.4 Å². The number of hydrogen-bond acceptors (Lipinski definition) is 8. The number of nitrogens with zero attached hydrogens (tertiary/aromatic N) is 5. The Morgan fingerprint density at radius 3 is 2.90 bits per heavy atom. The first-order valence-corrected chi connectivity index (χ1v) is 12.2. The van der Waals surface area contributed by atoms with Gasteiger partial charge in [-0.1, -0.05) is 6.07 Å². The lowest BCUT2D eigenvalue weighted by atomic mass is 10.2. The number of thiophene rings is 1. The number of likely N-dealkylation sites (N-methyl/N-ethyl adjacent to an activating group) is 1. The Labute approximate surface area is 183 Å². The fourth-order valence-corrected chi connectivity index (χ4v) is 5.86. The minimum atomic E-state index is -3.58. The number of nitrogens with one attached hydrogen (secondary N) is 2. The summed E-state index contributed by atoms with van der Waals surface area (Å²) in [7, 11) is -1.56. The topological polar surface area (TPSA) is 107 Å². The zero-order valence-electron chi connectivity index (χ0n) is 16.8. The molecule has 1 fully saturated rings. The van der Waals surface area contributed by atoms with Crippen molar-refractivity contribution in [2.45, 2.75) is 16.7 Å². The predicted octanol–water partition coefficient (Wildman–Crippen LogP) is 2.93. The number of H-pyrrole nitrogens is 1. The molecule has 9 nitrogen and oxygen atoms in total. The van der Waals surface area contributed by atoms with Gasteiger partial charge in [0.25, 0.3) is 10.0 Å². The van der Waals surface area contributed by atoms with Crippen LogP contribution < -0.4 is 14.5 Å². The molecular formula is C20H21N7O2S2. The van der Waals surface area contributed by atoms with Gasteiger partial charge < -0.3 is 14.8 Å². The van der Waals surface area contributed by atoms with E-state index in [4.69, 9.17) is 0 Å². The molecule has 5 heterocycles. The Balaban J connectivity index is 1.27. The standard InChI is InChI=1S/C20H21N7O2S2/c1-26(15-7-9-27(12-15)20-16-6-8-21-19(16)23-13-24-20)17-5-4-14(11-22-17)25-31(28,29)18-3-2-10-30-18/h2-6,8,10-11,13,15,25H,7,9,12H2,1H3,(H,21,23,24)/t15-/m1/s1. The van der Waals surface area contributed by atoms with E-state index in [0.717, 1.165) is 42.2 Å². The molecule has 0 aromatic carbocycles. The van der Waals surface area contributed by atoms with Crippen molar-refractivity contribution >= 4 is 49.7 Å². The Morgan fingerprint density at radius 1 is 1.23 bits per heavy atom. The van der Waals surface area contributed by atoms with Crippen molar-refractivity contribution in [3.63, 3.8) is 0 Å². The van der Waals surface area contributed by atoms with Gasteiger partial charge in [-0.2, -0.15) is 0 Å². The number of aromatic amines is 1. The largest absolute Gasteiger partial charge is 0.355 e. The second-order valence-corrected chi connectivity index (χ2v) is 10.2. The van der Waals surface area contributed by atoms with Gasteiger partial charge in [-0.15, -0.1) is 11.3 Å². The van der Waals surface area contributed by atoms with Crippen molar-refractivity contribution in [2.75, 3.05) is 34.7 Å². The van der Waals surface area contributed by atoms with Crippen LogP contribution in [0.3, 0.4) is 0 Å². The van der Waals surface area contributed by atoms with Gasteiger partial charge in [0.2, 0.25) is 0 Å². The van der Waals surface area contributed by atoms with Gasteiger partial charge in [0.15, 0.2) is 0 Å². The summed E-state index contributed by atoms with van der Waals surface area (Å²) in [5.74, 6) is 1.73. The Bertz CT molecular complexity index is 1290. The van der Waals surface area contributed by atoms with Gasteiger partial charge in [0.05, 0.1) is 17.3 Å². The molecule has 0 unspecified atom stereocenters. The second kappa shape index (κ2) is 7.82. The third-order valence-corrected chi connectivity index (χ3v) is 8.24. The van der Waals surface area contributed by atoms with E-state index >= 15 is 0 Å². The van der Waals surface area contributed by atoms with Crippen LogP contribution in [0.15, 0.2) is 58.6 Å². The van der Waals surface area contributed by atoms with Crippen LogP contribution in [0.2, 0.25) is 0 Å². The molecule has 1 aliphatic heterocycles. The molecule has 0 amide bonds. The summed E-state index contributed by atoms with van der Waals surface area (Å²) < 4.78 is 27.6. The van der Waals surface area contributed by atoms with E-state index in [2.05, 4.69) is 34.5 Å². The molecule has 1 aliphatic rings. The van der Waals surface area contributed by atoms with Crippen LogP contribution in [-0.2, 0) is 10.0 Å². The molecule has 0 bridgehead atoms. The monoisotopic (exact) mass is 455 g/mol. The lowest BCUT2D eigenvalue weighted by Gasteiger charge is -2.26. The number of anilines is 3. The predicted molar refractivity (Wildman–Crippen MR) is 122 cm³/mol. The van der Waals surface area contributed by atoms with Crippen LogP contribution in [-0.4, -0.2) is 54.5 Å². The molecule has 0 radical (unpaired) electrons. The van der Waals surface area contributed by atoms with Crippen molar-refractivity contribution < 1.29 is 8.42 Å². The molecule has 4 aromatic rings. The van der Waals surface area contributed by atoms with Gasteiger partial charge >= 0.3 is 0 Å². The van der Waals surface area contributed by atoms with E-state index in [-0.39, 0.29) is 10.3 Å². The molecule has 0 saturated carbocycles. The van der Waals surface area contributed by atoms with E-state index in [9.17, 15) is 8.42 Å². The molecular weight excluding hydrogens is 434 g/mol. The van der Waals surface area contributed by atoms with Gasteiger partial charge in [-0.25, -0.2) is 23.4 Å². The summed E-state index contributed by atoms with van der Waals surface area (Å²) in [5, 5.41) is 2.75. The van der Waals surface area contributed by atoms with E-state index in [0.29, 0.717) is 5.69 Å². The van der Waals surface area contributed by atoms with Crippen molar-refractivity contribution in [3.05, 3.63) is 54.4 Å². The molecule has 1 atom stereocenters. The van der Waals surface area contributed by atoms with Crippen molar-refractivity contribution in [1.82, 2.24) is 19.9 Å². The van der Waals surface area contributed by atoms with Crippen LogP contribution in [0.25, 0.3) is 11.0 Å². The first kappa shape index (κ1) is 19.8. The van der Waals surface area contributed by atoms with Crippen LogP contribution in [0.1, 0.15) is 6.42 Å². The molecule has 0 spiro atoms. The van der Waals surface area contributed by atoms with E-state index in [1.54, 1.807) is 36.1 Å². The molecule has 0 aliphatic carbocycles. The zero-order chi connectivity index (χ0) is 21.4. The zero-order valence-corrected chi connectivity index (χ0v) is 18.4.